The summed E-state index contributed by atoms with van der Waals surface area (Å²) in [5, 5.41) is 1.07. The number of hydrogen-bond acceptors (Lipinski definition) is 4. The molecule has 1 atom stereocenters. The van der Waals surface area contributed by atoms with E-state index in [9.17, 15) is 4.79 Å². The minimum atomic E-state index is 0.172. The number of carbonyl (C=O) groups excluding carboxylic acids is 1. The van der Waals surface area contributed by atoms with Crippen molar-refractivity contribution < 1.29 is 9.53 Å². The van der Waals surface area contributed by atoms with Crippen molar-refractivity contribution in [2.24, 2.45) is 4.99 Å². The van der Waals surface area contributed by atoms with E-state index in [4.69, 9.17) is 4.74 Å². The number of hydrogen-bond donors (Lipinski definition) is 0. The Kier molecular flexibility index (Phi) is 3.96. The zero-order valence-corrected chi connectivity index (χ0v) is 12.4. The topological polar surface area (TPSA) is 41.9 Å². The summed E-state index contributed by atoms with van der Waals surface area (Å²) in [6.07, 6.45) is 1.53. The van der Waals surface area contributed by atoms with Gasteiger partial charge in [0.25, 0.3) is 0 Å². The Morgan fingerprint density at radius 2 is 2.20 bits per heavy atom. The molecule has 2 aliphatic heterocycles. The Bertz CT molecular complexity index is 527. The number of rotatable bonds is 3. The normalized spacial score (nSPS) is 22.2. The van der Waals surface area contributed by atoms with Crippen molar-refractivity contribution in [2.45, 2.75) is 25.0 Å². The van der Waals surface area contributed by atoms with Crippen LogP contribution < -0.4 is 4.74 Å². The summed E-state index contributed by atoms with van der Waals surface area (Å²) in [4.78, 5) is 18.5. The standard InChI is InChI=1S/C15H18N2O2S/c1-2-19-12-6-4-11(5-7-12)13-10-14(18)17-9-3-8-16-15(17)20-13/h4-7,13H,2-3,8-10H2,1H3. The van der Waals surface area contributed by atoms with Gasteiger partial charge in [-0.05, 0) is 31.0 Å². The molecule has 0 aliphatic carbocycles. The molecular formula is C15H18N2O2S. The van der Waals surface area contributed by atoms with Crippen LogP contribution in [0.5, 0.6) is 5.75 Å². The van der Waals surface area contributed by atoms with Crippen LogP contribution in [0.1, 0.15) is 30.6 Å². The summed E-state index contributed by atoms with van der Waals surface area (Å²) < 4.78 is 5.45. The van der Waals surface area contributed by atoms with Crippen molar-refractivity contribution in [1.82, 2.24) is 4.90 Å². The molecule has 4 nitrogen and oxygen atoms in total. The van der Waals surface area contributed by atoms with Crippen LogP contribution >= 0.6 is 11.8 Å². The van der Waals surface area contributed by atoms with Crippen LogP contribution in [0.4, 0.5) is 0 Å². The molecule has 1 fully saturated rings. The van der Waals surface area contributed by atoms with E-state index in [-0.39, 0.29) is 11.2 Å². The number of benzene rings is 1. The number of fused-ring (bicyclic) bond motifs is 1. The van der Waals surface area contributed by atoms with E-state index in [1.165, 1.54) is 5.56 Å². The van der Waals surface area contributed by atoms with Crippen molar-refractivity contribution in [3.63, 3.8) is 0 Å². The highest BCUT2D eigenvalue weighted by molar-refractivity contribution is 8.14. The van der Waals surface area contributed by atoms with Gasteiger partial charge in [0.2, 0.25) is 5.91 Å². The lowest BCUT2D eigenvalue weighted by molar-refractivity contribution is -0.127. The predicted molar refractivity (Wildman–Crippen MR) is 81.2 cm³/mol. The number of amidine groups is 1. The van der Waals surface area contributed by atoms with Gasteiger partial charge in [0.05, 0.1) is 6.61 Å². The van der Waals surface area contributed by atoms with Crippen LogP contribution in [0.15, 0.2) is 29.3 Å². The molecule has 3 rings (SSSR count). The van der Waals surface area contributed by atoms with Gasteiger partial charge in [0.15, 0.2) is 5.17 Å². The molecule has 5 heteroatoms. The highest BCUT2D eigenvalue weighted by atomic mass is 32.2. The lowest BCUT2D eigenvalue weighted by Crippen LogP contribution is -2.42. The average Bonchev–Trinajstić information content (AvgIpc) is 2.48. The Morgan fingerprint density at radius 1 is 1.40 bits per heavy atom. The highest BCUT2D eigenvalue weighted by Gasteiger charge is 2.33. The Labute approximate surface area is 123 Å². The van der Waals surface area contributed by atoms with Crippen LogP contribution in [0, 0.1) is 0 Å². The number of aliphatic imine (C=N–C) groups is 1. The molecule has 0 aromatic heterocycles. The third-order valence-corrected chi connectivity index (χ3v) is 4.77. The van der Waals surface area contributed by atoms with Crippen molar-refractivity contribution in [3.05, 3.63) is 29.8 Å². The minimum Gasteiger partial charge on any atom is -0.494 e. The fraction of sp³-hybridized carbons (Fsp3) is 0.467. The van der Waals surface area contributed by atoms with Gasteiger partial charge in [0.1, 0.15) is 5.75 Å². The molecule has 106 valence electrons. The van der Waals surface area contributed by atoms with E-state index in [0.29, 0.717) is 13.0 Å². The van der Waals surface area contributed by atoms with Crippen LogP contribution in [0.3, 0.4) is 0 Å². The number of ether oxygens (including phenoxy) is 1. The van der Waals surface area contributed by atoms with Crippen LogP contribution in [0.2, 0.25) is 0 Å². The van der Waals surface area contributed by atoms with E-state index in [1.54, 1.807) is 11.8 Å². The maximum Gasteiger partial charge on any atom is 0.230 e. The van der Waals surface area contributed by atoms with Crippen LogP contribution in [-0.2, 0) is 4.79 Å². The zero-order valence-electron chi connectivity index (χ0n) is 11.5. The summed E-state index contributed by atoms with van der Waals surface area (Å²) in [7, 11) is 0. The van der Waals surface area contributed by atoms with Crippen LogP contribution in [-0.4, -0.2) is 35.7 Å². The SMILES string of the molecule is CCOc1ccc(C2CC(=O)N3CCCN=C3S2)cc1. The second-order valence-corrected chi connectivity index (χ2v) is 6.05. The third kappa shape index (κ3) is 2.68. The first kappa shape index (κ1) is 13.5. The van der Waals surface area contributed by atoms with E-state index in [0.717, 1.165) is 30.4 Å². The van der Waals surface area contributed by atoms with Gasteiger partial charge in [-0.15, -0.1) is 0 Å². The van der Waals surface area contributed by atoms with Crippen molar-refractivity contribution in [2.75, 3.05) is 19.7 Å². The molecule has 1 aromatic carbocycles. The van der Waals surface area contributed by atoms with E-state index < -0.39 is 0 Å². The van der Waals surface area contributed by atoms with Crippen LogP contribution in [0.25, 0.3) is 0 Å². The molecule has 0 saturated carbocycles. The maximum absolute atomic E-state index is 12.2. The second-order valence-electron chi connectivity index (χ2n) is 4.88. The predicted octanol–water partition coefficient (Wildman–Crippen LogP) is 2.85. The summed E-state index contributed by atoms with van der Waals surface area (Å²) in [5.41, 5.74) is 1.17. The summed E-state index contributed by atoms with van der Waals surface area (Å²) in [6.45, 7) is 4.30. The monoisotopic (exact) mass is 290 g/mol. The fourth-order valence-corrected chi connectivity index (χ4v) is 3.75. The van der Waals surface area contributed by atoms with E-state index in [1.807, 2.05) is 24.0 Å². The summed E-state index contributed by atoms with van der Waals surface area (Å²) in [6, 6.07) is 8.04. The van der Waals surface area contributed by atoms with Gasteiger partial charge >= 0.3 is 0 Å². The van der Waals surface area contributed by atoms with Crippen molar-refractivity contribution in [1.29, 1.82) is 0 Å². The Morgan fingerprint density at radius 3 is 2.95 bits per heavy atom. The van der Waals surface area contributed by atoms with Gasteiger partial charge in [0, 0.05) is 24.8 Å². The molecule has 0 spiro atoms. The quantitative estimate of drug-likeness (QED) is 0.859. The lowest BCUT2D eigenvalue weighted by atomic mass is 10.1. The Hall–Kier alpha value is -1.49. The van der Waals surface area contributed by atoms with E-state index in [2.05, 4.69) is 17.1 Å². The van der Waals surface area contributed by atoms with Crippen molar-refractivity contribution in [3.8, 4) is 5.75 Å². The van der Waals surface area contributed by atoms with E-state index >= 15 is 0 Å². The molecular weight excluding hydrogens is 272 g/mol. The highest BCUT2D eigenvalue weighted by Crippen LogP contribution is 2.39. The van der Waals surface area contributed by atoms with Gasteiger partial charge in [-0.3, -0.25) is 14.7 Å². The molecule has 0 bridgehead atoms. The summed E-state index contributed by atoms with van der Waals surface area (Å²) in [5.74, 6) is 1.07. The average molecular weight is 290 g/mol. The minimum absolute atomic E-state index is 0.172. The van der Waals surface area contributed by atoms with Gasteiger partial charge in [-0.2, -0.15) is 0 Å². The third-order valence-electron chi connectivity index (χ3n) is 3.49. The fourth-order valence-electron chi connectivity index (χ4n) is 2.49. The molecule has 1 aromatic rings. The molecule has 1 saturated heterocycles. The zero-order chi connectivity index (χ0) is 13.9. The van der Waals surface area contributed by atoms with Gasteiger partial charge in [-0.25, -0.2) is 0 Å². The summed E-state index contributed by atoms with van der Waals surface area (Å²) >= 11 is 1.71. The molecule has 0 radical (unpaired) electrons. The van der Waals surface area contributed by atoms with Gasteiger partial charge < -0.3 is 4.74 Å². The number of amides is 1. The molecule has 0 N–H and O–H groups in total. The first-order chi connectivity index (χ1) is 9.78. The Balaban J connectivity index is 1.77. The molecule has 1 unspecified atom stereocenters. The molecule has 20 heavy (non-hydrogen) atoms. The van der Waals surface area contributed by atoms with Gasteiger partial charge in [-0.1, -0.05) is 23.9 Å². The molecule has 2 aliphatic rings. The molecule has 1 amide bonds. The number of carbonyl (C=O) groups is 1. The van der Waals surface area contributed by atoms with Crippen molar-refractivity contribution >= 4 is 22.8 Å². The largest absolute Gasteiger partial charge is 0.494 e. The molecule has 2 heterocycles. The maximum atomic E-state index is 12.2. The second kappa shape index (κ2) is 5.87. The first-order valence-electron chi connectivity index (χ1n) is 7.02. The smallest absolute Gasteiger partial charge is 0.230 e. The lowest BCUT2D eigenvalue weighted by Gasteiger charge is -2.34. The first-order valence-corrected chi connectivity index (χ1v) is 7.90. The number of nitrogens with zero attached hydrogens (tertiary/aromatic N) is 2. The number of thioether (sulfide) groups is 1.